The van der Waals surface area contributed by atoms with E-state index in [1.165, 1.54) is 0 Å². The van der Waals surface area contributed by atoms with Gasteiger partial charge in [-0.05, 0) is 0 Å². The van der Waals surface area contributed by atoms with Crippen LogP contribution in [0.1, 0.15) is 27.2 Å². The van der Waals surface area contributed by atoms with Gasteiger partial charge in [0.1, 0.15) is 0 Å². The van der Waals surface area contributed by atoms with Gasteiger partial charge in [-0.25, -0.2) is 0 Å². The first-order valence-corrected chi connectivity index (χ1v) is 4.42. The number of Topliss-reactive ketones (excluding diaryl/α,β-unsaturated/α-hetero) is 1. The second-order valence-corrected chi connectivity index (χ2v) is 3.91. The third-order valence-corrected chi connectivity index (χ3v) is 1.63. The first-order chi connectivity index (χ1) is 4.52. The number of hydrogen-bond donors (Lipinski definition) is 1. The molecule has 10 heavy (non-hydrogen) atoms. The van der Waals surface area contributed by atoms with Crippen LogP contribution in [-0.2, 0) is 4.79 Å². The second kappa shape index (κ2) is 4.89. The van der Waals surface area contributed by atoms with E-state index in [0.29, 0.717) is 12.5 Å². The predicted octanol–water partition coefficient (Wildman–Crippen LogP) is 0.458. The van der Waals surface area contributed by atoms with Gasteiger partial charge in [-0.2, -0.15) is 0 Å². The number of carbonyl (C=O) groups is 1. The molecular formula is C7H14NOSe. The molecular weight excluding hydrogens is 193 g/mol. The Kier molecular flexibility index (Phi) is 4.96. The minimum absolute atomic E-state index is 0.192. The van der Waals surface area contributed by atoms with Gasteiger partial charge in [0, 0.05) is 0 Å². The van der Waals surface area contributed by atoms with Crippen molar-refractivity contribution >= 4 is 21.8 Å². The van der Waals surface area contributed by atoms with E-state index in [-0.39, 0.29) is 10.7 Å². The monoisotopic (exact) mass is 208 g/mol. The van der Waals surface area contributed by atoms with Crippen molar-refractivity contribution in [1.82, 2.24) is 5.32 Å². The molecule has 0 fully saturated rings. The van der Waals surface area contributed by atoms with Crippen LogP contribution in [0.3, 0.4) is 0 Å². The van der Waals surface area contributed by atoms with Crippen molar-refractivity contribution in [2.24, 2.45) is 0 Å². The Morgan fingerprint density at radius 1 is 1.60 bits per heavy atom. The van der Waals surface area contributed by atoms with Crippen molar-refractivity contribution in [3.63, 3.8) is 0 Å². The van der Waals surface area contributed by atoms with Gasteiger partial charge in [0.05, 0.1) is 0 Å². The standard InChI is InChI=1S/C7H14NOSe/c1-5(2)8-7(10)4-6(3)9/h5,7-8H,4H2,1-3H3. The van der Waals surface area contributed by atoms with Crippen molar-refractivity contribution in [3.8, 4) is 0 Å². The first kappa shape index (κ1) is 10.1. The molecule has 0 aliphatic rings. The molecule has 3 heteroatoms. The van der Waals surface area contributed by atoms with E-state index in [2.05, 4.69) is 35.2 Å². The van der Waals surface area contributed by atoms with Gasteiger partial charge in [0.15, 0.2) is 0 Å². The predicted molar refractivity (Wildman–Crippen MR) is 43.1 cm³/mol. The van der Waals surface area contributed by atoms with Crippen LogP contribution in [0.4, 0.5) is 0 Å². The maximum absolute atomic E-state index is 10.6. The zero-order valence-corrected chi connectivity index (χ0v) is 8.39. The summed E-state index contributed by atoms with van der Waals surface area (Å²) in [5, 5.41) is 3.20. The summed E-state index contributed by atoms with van der Waals surface area (Å²) in [7, 11) is 0. The number of carbonyl (C=O) groups excluding carboxylic acids is 1. The van der Waals surface area contributed by atoms with Crippen LogP contribution in [0.2, 0.25) is 0 Å². The molecule has 0 aromatic rings. The van der Waals surface area contributed by atoms with Gasteiger partial charge in [0.25, 0.3) is 0 Å². The molecule has 1 unspecified atom stereocenters. The van der Waals surface area contributed by atoms with Gasteiger partial charge in [-0.1, -0.05) is 0 Å². The molecule has 0 spiro atoms. The molecule has 0 saturated carbocycles. The molecule has 2 nitrogen and oxygen atoms in total. The maximum atomic E-state index is 10.6. The van der Waals surface area contributed by atoms with E-state index >= 15 is 0 Å². The zero-order valence-electron chi connectivity index (χ0n) is 6.68. The van der Waals surface area contributed by atoms with Crippen molar-refractivity contribution in [1.29, 1.82) is 0 Å². The summed E-state index contributed by atoms with van der Waals surface area (Å²) in [5.74, 6) is 0.219. The Labute approximate surface area is 70.6 Å². The molecule has 0 bridgehead atoms. The van der Waals surface area contributed by atoms with E-state index in [9.17, 15) is 4.79 Å². The summed E-state index contributed by atoms with van der Waals surface area (Å²) in [5.41, 5.74) is 0. The Morgan fingerprint density at radius 2 is 2.10 bits per heavy atom. The fourth-order valence-electron chi connectivity index (χ4n) is 0.692. The average molecular weight is 207 g/mol. The van der Waals surface area contributed by atoms with Crippen LogP contribution in [0.15, 0.2) is 0 Å². The zero-order chi connectivity index (χ0) is 8.15. The molecule has 1 radical (unpaired) electrons. The van der Waals surface area contributed by atoms with Crippen molar-refractivity contribution in [3.05, 3.63) is 0 Å². The molecule has 0 aliphatic heterocycles. The fourth-order valence-corrected chi connectivity index (χ4v) is 1.76. The molecule has 0 aromatic carbocycles. The third kappa shape index (κ3) is 6.27. The van der Waals surface area contributed by atoms with Gasteiger partial charge in [-0.15, -0.1) is 0 Å². The van der Waals surface area contributed by atoms with Crippen LogP contribution in [0, 0.1) is 0 Å². The van der Waals surface area contributed by atoms with E-state index in [1.807, 2.05) is 0 Å². The Balaban J connectivity index is 3.43. The van der Waals surface area contributed by atoms with Crippen LogP contribution in [0.25, 0.3) is 0 Å². The molecule has 0 aliphatic carbocycles. The van der Waals surface area contributed by atoms with E-state index in [4.69, 9.17) is 0 Å². The van der Waals surface area contributed by atoms with E-state index in [0.717, 1.165) is 0 Å². The molecule has 0 heterocycles. The van der Waals surface area contributed by atoms with E-state index in [1.54, 1.807) is 6.92 Å². The molecule has 59 valence electrons. The summed E-state index contributed by atoms with van der Waals surface area (Å²) >= 11 is 2.91. The Hall–Kier alpha value is 0.149. The summed E-state index contributed by atoms with van der Waals surface area (Å²) in [6.07, 6.45) is 0.582. The minimum atomic E-state index is 0.192. The second-order valence-electron chi connectivity index (χ2n) is 2.72. The van der Waals surface area contributed by atoms with Crippen LogP contribution in [0.5, 0.6) is 0 Å². The Morgan fingerprint density at radius 3 is 2.40 bits per heavy atom. The summed E-state index contributed by atoms with van der Waals surface area (Å²) in [6, 6.07) is 0.436. The number of ketones is 1. The molecule has 0 aromatic heterocycles. The summed E-state index contributed by atoms with van der Waals surface area (Å²) in [6.45, 7) is 5.72. The average Bonchev–Trinajstić information content (AvgIpc) is 1.58. The number of nitrogens with one attached hydrogen (secondary N) is 1. The SMILES string of the molecule is CC(=O)CC([Se])NC(C)C. The number of hydrogen-bond acceptors (Lipinski definition) is 2. The van der Waals surface area contributed by atoms with Gasteiger partial charge >= 0.3 is 70.1 Å². The van der Waals surface area contributed by atoms with Gasteiger partial charge < -0.3 is 0 Å². The topological polar surface area (TPSA) is 29.1 Å². The Bertz CT molecular complexity index is 114. The third-order valence-electron chi connectivity index (χ3n) is 0.992. The molecule has 1 atom stereocenters. The molecule has 0 saturated heterocycles. The summed E-state index contributed by atoms with van der Waals surface area (Å²) in [4.78, 5) is 10.8. The van der Waals surface area contributed by atoms with Crippen molar-refractivity contribution in [2.75, 3.05) is 0 Å². The van der Waals surface area contributed by atoms with Crippen molar-refractivity contribution in [2.45, 2.75) is 38.2 Å². The summed E-state index contributed by atoms with van der Waals surface area (Å²) < 4.78 is 0. The van der Waals surface area contributed by atoms with Crippen LogP contribution < -0.4 is 5.32 Å². The fraction of sp³-hybridized carbons (Fsp3) is 0.857. The van der Waals surface area contributed by atoms with Crippen molar-refractivity contribution < 1.29 is 4.79 Å². The normalized spacial score (nSPS) is 13.7. The van der Waals surface area contributed by atoms with Crippen LogP contribution in [-0.4, -0.2) is 32.8 Å². The van der Waals surface area contributed by atoms with Gasteiger partial charge in [0.2, 0.25) is 0 Å². The first-order valence-electron chi connectivity index (χ1n) is 3.43. The van der Waals surface area contributed by atoms with Gasteiger partial charge in [-0.3, -0.25) is 0 Å². The molecule has 1 N–H and O–H groups in total. The molecule has 0 rings (SSSR count). The molecule has 0 amide bonds. The number of rotatable bonds is 4. The quantitative estimate of drug-likeness (QED) is 0.678. The van der Waals surface area contributed by atoms with Crippen LogP contribution >= 0.6 is 0 Å². The van der Waals surface area contributed by atoms with E-state index < -0.39 is 0 Å².